The van der Waals surface area contributed by atoms with E-state index in [0.717, 1.165) is 22.2 Å². The van der Waals surface area contributed by atoms with Crippen LogP contribution in [-0.4, -0.2) is 17.4 Å². The van der Waals surface area contributed by atoms with Gasteiger partial charge >= 0.3 is 0 Å². The van der Waals surface area contributed by atoms with E-state index >= 15 is 0 Å². The van der Waals surface area contributed by atoms with Crippen molar-refractivity contribution < 1.29 is 9.90 Å². The fourth-order valence-corrected chi connectivity index (χ4v) is 2.89. The molecule has 0 aromatic heterocycles. The molecule has 2 rings (SSSR count). The Balaban J connectivity index is 2.44. The third-order valence-corrected chi connectivity index (χ3v) is 3.47. The lowest BCUT2D eigenvalue weighted by Crippen LogP contribution is -2.17. The van der Waals surface area contributed by atoms with Crippen LogP contribution in [0.2, 0.25) is 0 Å². The summed E-state index contributed by atoms with van der Waals surface area (Å²) < 4.78 is 0. The molecule has 1 N–H and O–H groups in total. The third kappa shape index (κ3) is 1.93. The number of thioether (sulfide) groups is 1. The van der Waals surface area contributed by atoms with Gasteiger partial charge in [-0.05, 0) is 26.0 Å². The summed E-state index contributed by atoms with van der Waals surface area (Å²) in [6.45, 7) is 4.35. The van der Waals surface area contributed by atoms with Gasteiger partial charge in [-0.3, -0.25) is 4.79 Å². The molecule has 1 heterocycles. The van der Waals surface area contributed by atoms with Crippen LogP contribution in [0.15, 0.2) is 34.2 Å². The topological polar surface area (TPSA) is 40.5 Å². The highest BCUT2D eigenvalue weighted by Gasteiger charge is 2.24. The molecule has 0 bridgehead atoms. The number of fused-ring (bicyclic) bond motifs is 1. The van der Waals surface area contributed by atoms with Crippen molar-refractivity contribution >= 4 is 23.2 Å². The molecule has 1 aliphatic heterocycles. The maximum absolute atomic E-state index is 11.1. The molecular formula is C12H13NO2S. The first-order valence-corrected chi connectivity index (χ1v) is 5.94. The number of phenols is 1. The van der Waals surface area contributed by atoms with Gasteiger partial charge in [-0.1, -0.05) is 11.8 Å². The lowest BCUT2D eigenvalue weighted by Gasteiger charge is -2.17. The Morgan fingerprint density at radius 3 is 2.94 bits per heavy atom. The molecule has 0 amide bonds. The largest absolute Gasteiger partial charge is 0.508 e. The Morgan fingerprint density at radius 2 is 2.31 bits per heavy atom. The van der Waals surface area contributed by atoms with Gasteiger partial charge in [0.15, 0.2) is 5.78 Å². The summed E-state index contributed by atoms with van der Waals surface area (Å²) in [5.74, 6) is 0.292. The Morgan fingerprint density at radius 1 is 1.56 bits per heavy atom. The summed E-state index contributed by atoms with van der Waals surface area (Å²) in [5.41, 5.74) is 0.972. The lowest BCUT2D eigenvalue weighted by atomic mass is 10.2. The first-order valence-electron chi connectivity index (χ1n) is 5.12. The fraction of sp³-hybridized carbons (Fsp3) is 0.250. The van der Waals surface area contributed by atoms with Gasteiger partial charge in [0.1, 0.15) is 5.75 Å². The molecule has 0 saturated carbocycles. The summed E-state index contributed by atoms with van der Waals surface area (Å²) in [4.78, 5) is 14.2. The molecule has 0 atom stereocenters. The number of carbonyl (C=O) groups excluding carboxylic acids is 1. The summed E-state index contributed by atoms with van der Waals surface area (Å²) in [6.07, 6.45) is 1.63. The highest BCUT2D eigenvalue weighted by molar-refractivity contribution is 8.03. The first kappa shape index (κ1) is 11.1. The van der Waals surface area contributed by atoms with Gasteiger partial charge in [-0.15, -0.1) is 0 Å². The normalized spacial score (nSPS) is 16.6. The van der Waals surface area contributed by atoms with E-state index in [0.29, 0.717) is 0 Å². The van der Waals surface area contributed by atoms with E-state index in [1.165, 1.54) is 0 Å². The Kier molecular flexibility index (Phi) is 2.92. The smallest absolute Gasteiger partial charge is 0.155 e. The van der Waals surface area contributed by atoms with Crippen LogP contribution in [0.1, 0.15) is 13.8 Å². The second-order valence-corrected chi connectivity index (χ2v) is 4.65. The van der Waals surface area contributed by atoms with Crippen LogP contribution in [0.25, 0.3) is 0 Å². The van der Waals surface area contributed by atoms with Crippen molar-refractivity contribution in [2.45, 2.75) is 18.7 Å². The molecule has 0 fully saturated rings. The van der Waals surface area contributed by atoms with E-state index in [4.69, 9.17) is 0 Å². The molecule has 0 saturated heterocycles. The van der Waals surface area contributed by atoms with E-state index < -0.39 is 0 Å². The second-order valence-electron chi connectivity index (χ2n) is 3.59. The SMILES string of the molecule is CCN1/C(=C\C(C)=O)Sc2ccc(O)cc21. The molecular weight excluding hydrogens is 222 g/mol. The van der Waals surface area contributed by atoms with Crippen molar-refractivity contribution in [3.8, 4) is 5.75 Å². The quantitative estimate of drug-likeness (QED) is 0.800. The standard InChI is InChI=1S/C12H13NO2S/c1-3-13-10-7-9(15)4-5-11(10)16-12(13)6-8(2)14/h4-7,15H,3H2,1-2H3/b12-6+. The molecule has 1 aromatic rings. The number of anilines is 1. The highest BCUT2D eigenvalue weighted by atomic mass is 32.2. The molecule has 16 heavy (non-hydrogen) atoms. The maximum Gasteiger partial charge on any atom is 0.155 e. The van der Waals surface area contributed by atoms with E-state index in [1.54, 1.807) is 36.9 Å². The van der Waals surface area contributed by atoms with Crippen LogP contribution in [-0.2, 0) is 4.79 Å². The first-order chi connectivity index (χ1) is 7.61. The number of aromatic hydroxyl groups is 1. The molecule has 0 radical (unpaired) electrons. The van der Waals surface area contributed by atoms with Crippen molar-refractivity contribution in [3.63, 3.8) is 0 Å². The number of phenolic OH excluding ortho intramolecular Hbond substituents is 1. The number of ketones is 1. The van der Waals surface area contributed by atoms with Crippen LogP contribution < -0.4 is 4.90 Å². The number of benzene rings is 1. The van der Waals surface area contributed by atoms with Gasteiger partial charge in [0.2, 0.25) is 0 Å². The molecule has 3 nitrogen and oxygen atoms in total. The Bertz CT molecular complexity index is 468. The molecule has 0 spiro atoms. The van der Waals surface area contributed by atoms with Crippen LogP contribution in [0, 0.1) is 0 Å². The van der Waals surface area contributed by atoms with Crippen molar-refractivity contribution in [2.24, 2.45) is 0 Å². The molecule has 0 aliphatic carbocycles. The number of hydrogen-bond acceptors (Lipinski definition) is 4. The molecule has 84 valence electrons. The average molecular weight is 235 g/mol. The second kappa shape index (κ2) is 4.22. The Labute approximate surface area is 98.8 Å². The summed E-state index contributed by atoms with van der Waals surface area (Å²) >= 11 is 1.56. The van der Waals surface area contributed by atoms with Crippen LogP contribution in [0.4, 0.5) is 5.69 Å². The highest BCUT2D eigenvalue weighted by Crippen LogP contribution is 2.46. The van der Waals surface area contributed by atoms with Gasteiger partial charge in [0, 0.05) is 23.6 Å². The van der Waals surface area contributed by atoms with Gasteiger partial charge in [-0.2, -0.15) is 0 Å². The zero-order chi connectivity index (χ0) is 11.7. The van der Waals surface area contributed by atoms with E-state index in [9.17, 15) is 9.90 Å². The maximum atomic E-state index is 11.1. The van der Waals surface area contributed by atoms with E-state index in [2.05, 4.69) is 0 Å². The molecule has 1 aromatic carbocycles. The van der Waals surface area contributed by atoms with Gasteiger partial charge < -0.3 is 10.0 Å². The van der Waals surface area contributed by atoms with E-state index in [-0.39, 0.29) is 11.5 Å². The van der Waals surface area contributed by atoms with Gasteiger partial charge in [0.05, 0.1) is 10.7 Å². The summed E-state index contributed by atoms with van der Waals surface area (Å²) in [5, 5.41) is 10.4. The third-order valence-electron chi connectivity index (χ3n) is 2.36. The van der Waals surface area contributed by atoms with Crippen LogP contribution >= 0.6 is 11.8 Å². The van der Waals surface area contributed by atoms with E-state index in [1.807, 2.05) is 17.9 Å². The van der Waals surface area contributed by atoms with Crippen molar-refractivity contribution in [1.82, 2.24) is 0 Å². The van der Waals surface area contributed by atoms with Crippen molar-refractivity contribution in [2.75, 3.05) is 11.4 Å². The van der Waals surface area contributed by atoms with Crippen LogP contribution in [0.5, 0.6) is 5.75 Å². The minimum absolute atomic E-state index is 0.0398. The van der Waals surface area contributed by atoms with Crippen molar-refractivity contribution in [1.29, 1.82) is 0 Å². The van der Waals surface area contributed by atoms with Gasteiger partial charge in [-0.25, -0.2) is 0 Å². The zero-order valence-corrected chi connectivity index (χ0v) is 10.0. The lowest BCUT2D eigenvalue weighted by molar-refractivity contribution is -0.112. The molecule has 1 aliphatic rings. The number of hydrogen-bond donors (Lipinski definition) is 1. The van der Waals surface area contributed by atoms with Crippen LogP contribution in [0.3, 0.4) is 0 Å². The summed E-state index contributed by atoms with van der Waals surface area (Å²) in [6, 6.07) is 5.27. The minimum Gasteiger partial charge on any atom is -0.508 e. The molecule has 0 unspecified atom stereocenters. The van der Waals surface area contributed by atoms with Crippen molar-refractivity contribution in [3.05, 3.63) is 29.3 Å². The number of rotatable bonds is 2. The predicted octanol–water partition coefficient (Wildman–Crippen LogP) is 2.75. The zero-order valence-electron chi connectivity index (χ0n) is 9.23. The minimum atomic E-state index is 0.0398. The summed E-state index contributed by atoms with van der Waals surface area (Å²) in [7, 11) is 0. The monoisotopic (exact) mass is 235 g/mol. The fourth-order valence-electron chi connectivity index (χ4n) is 1.70. The predicted molar refractivity (Wildman–Crippen MR) is 65.7 cm³/mol. The number of allylic oxidation sites excluding steroid dienone is 1. The molecule has 4 heteroatoms. The Hall–Kier alpha value is -1.42. The average Bonchev–Trinajstić information content (AvgIpc) is 2.53. The number of nitrogens with zero attached hydrogens (tertiary/aromatic N) is 1. The number of carbonyl (C=O) groups is 1. The van der Waals surface area contributed by atoms with Gasteiger partial charge in [0.25, 0.3) is 0 Å².